The third-order valence-corrected chi connectivity index (χ3v) is 7.92. The van der Waals surface area contributed by atoms with Crippen LogP contribution in [0, 0.1) is 11.0 Å². The normalized spacial score (nSPS) is 18.4. The Balaban J connectivity index is 1.62. The summed E-state index contributed by atoms with van der Waals surface area (Å²) in [7, 11) is -3.38. The van der Waals surface area contributed by atoms with E-state index >= 15 is 0 Å². The van der Waals surface area contributed by atoms with Crippen LogP contribution in [-0.2, 0) is 14.6 Å². The molecule has 0 radical (unpaired) electrons. The van der Waals surface area contributed by atoms with Crippen LogP contribution in [0.4, 0.5) is 9.52 Å². The third-order valence-electron chi connectivity index (χ3n) is 5.05. The first kappa shape index (κ1) is 19.2. The molecule has 0 aliphatic heterocycles. The lowest BCUT2D eigenvalue weighted by Gasteiger charge is -2.11. The van der Waals surface area contributed by atoms with Crippen LogP contribution in [0.15, 0.2) is 35.6 Å². The number of anilines is 1. The van der Waals surface area contributed by atoms with Crippen molar-refractivity contribution in [2.24, 2.45) is 5.92 Å². The maximum absolute atomic E-state index is 13.2. The lowest BCUT2D eigenvalue weighted by molar-refractivity contribution is -0.111. The Morgan fingerprint density at radius 1 is 1.14 bits per heavy atom. The van der Waals surface area contributed by atoms with Crippen molar-refractivity contribution in [1.82, 2.24) is 9.97 Å². The molecule has 9 heteroatoms. The van der Waals surface area contributed by atoms with Crippen LogP contribution in [0.3, 0.4) is 0 Å². The number of aromatic nitrogens is 2. The Morgan fingerprint density at radius 3 is 2.46 bits per heavy atom. The first-order valence-electron chi connectivity index (χ1n) is 9.28. The molecule has 2 fully saturated rings. The molecule has 2 aromatic rings. The van der Waals surface area contributed by atoms with E-state index in [9.17, 15) is 17.6 Å². The second-order valence-corrected chi connectivity index (χ2v) is 10.3. The van der Waals surface area contributed by atoms with Gasteiger partial charge in [0.05, 0.1) is 11.4 Å². The van der Waals surface area contributed by atoms with Gasteiger partial charge in [-0.1, -0.05) is 30.3 Å². The van der Waals surface area contributed by atoms with Crippen molar-refractivity contribution in [2.75, 3.05) is 5.32 Å². The molecule has 0 saturated heterocycles. The van der Waals surface area contributed by atoms with Gasteiger partial charge in [0, 0.05) is 17.3 Å². The summed E-state index contributed by atoms with van der Waals surface area (Å²) in [5.74, 6) is -0.121. The molecule has 1 N–H and O–H groups in total. The van der Waals surface area contributed by atoms with E-state index in [-0.39, 0.29) is 21.3 Å². The third kappa shape index (κ3) is 4.15. The summed E-state index contributed by atoms with van der Waals surface area (Å²) in [5.41, 5.74) is 0.946. The van der Waals surface area contributed by atoms with Crippen molar-refractivity contribution < 1.29 is 17.6 Å². The number of pyridine rings is 1. The molecular weight excluding hydrogens is 401 g/mol. The number of hydrogen-bond acceptors (Lipinski definition) is 6. The first-order valence-corrected chi connectivity index (χ1v) is 11.6. The quantitative estimate of drug-likeness (QED) is 0.716. The molecule has 1 amide bonds. The number of thiazole rings is 1. The number of carbonyl (C=O) groups is 1. The summed E-state index contributed by atoms with van der Waals surface area (Å²) < 4.78 is 37.8. The summed E-state index contributed by atoms with van der Waals surface area (Å²) in [6.07, 6.45) is 9.98. The fraction of sp³-hybridized carbons (Fsp3) is 0.421. The van der Waals surface area contributed by atoms with Crippen molar-refractivity contribution >= 4 is 37.8 Å². The van der Waals surface area contributed by atoms with Gasteiger partial charge in [-0.15, -0.1) is 0 Å². The van der Waals surface area contributed by atoms with Gasteiger partial charge in [0.15, 0.2) is 25.1 Å². The molecule has 28 heavy (non-hydrogen) atoms. The van der Waals surface area contributed by atoms with Gasteiger partial charge >= 0.3 is 0 Å². The molecule has 2 heterocycles. The Kier molecular flexibility index (Phi) is 5.29. The second kappa shape index (κ2) is 7.71. The predicted octanol–water partition coefficient (Wildman–Crippen LogP) is 3.83. The highest BCUT2D eigenvalue weighted by Gasteiger charge is 2.37. The largest absolute Gasteiger partial charge is 0.298 e. The van der Waals surface area contributed by atoms with E-state index < -0.39 is 20.9 Å². The van der Waals surface area contributed by atoms with Gasteiger partial charge in [-0.2, -0.15) is 4.39 Å². The number of halogens is 1. The zero-order valence-corrected chi connectivity index (χ0v) is 16.7. The maximum Gasteiger partial charge on any atom is 0.257 e. The predicted molar refractivity (Wildman–Crippen MR) is 105 cm³/mol. The van der Waals surface area contributed by atoms with Gasteiger partial charge in [0.25, 0.3) is 5.91 Å². The molecule has 4 rings (SSSR count). The number of carbonyl (C=O) groups excluding carboxylic acids is 1. The molecule has 0 spiro atoms. The van der Waals surface area contributed by atoms with Crippen molar-refractivity contribution in [3.63, 3.8) is 0 Å². The number of amides is 1. The maximum atomic E-state index is 13.2. The van der Waals surface area contributed by atoms with Crippen molar-refractivity contribution in [1.29, 1.82) is 0 Å². The molecule has 0 atom stereocenters. The number of nitrogens with zero attached hydrogens (tertiary/aromatic N) is 2. The fourth-order valence-electron chi connectivity index (χ4n) is 3.40. The second-order valence-electron chi connectivity index (χ2n) is 7.18. The van der Waals surface area contributed by atoms with Gasteiger partial charge in [-0.05, 0) is 43.7 Å². The summed E-state index contributed by atoms with van der Waals surface area (Å²) in [5, 5.41) is 2.04. The van der Waals surface area contributed by atoms with Crippen molar-refractivity contribution in [2.45, 2.75) is 48.8 Å². The van der Waals surface area contributed by atoms with Crippen LogP contribution in [0.2, 0.25) is 0 Å². The van der Waals surface area contributed by atoms with E-state index in [1.54, 1.807) is 6.07 Å². The Hall–Kier alpha value is -2.13. The number of rotatable bonds is 6. The van der Waals surface area contributed by atoms with Crippen LogP contribution in [-0.4, -0.2) is 29.5 Å². The number of allylic oxidation sites excluding steroid dienone is 1. The van der Waals surface area contributed by atoms with E-state index in [0.717, 1.165) is 43.2 Å². The number of sulfone groups is 1. The van der Waals surface area contributed by atoms with Crippen LogP contribution in [0.5, 0.6) is 0 Å². The van der Waals surface area contributed by atoms with Crippen LogP contribution < -0.4 is 5.32 Å². The monoisotopic (exact) mass is 421 g/mol. The molecule has 2 aliphatic carbocycles. The molecule has 0 aromatic carbocycles. The first-order chi connectivity index (χ1) is 13.4. The topological polar surface area (TPSA) is 89.0 Å². The van der Waals surface area contributed by atoms with Gasteiger partial charge in [-0.25, -0.2) is 18.4 Å². The zero-order valence-electron chi connectivity index (χ0n) is 15.1. The number of hydrogen-bond donors (Lipinski definition) is 1. The lowest BCUT2D eigenvalue weighted by Crippen LogP contribution is -2.15. The van der Waals surface area contributed by atoms with E-state index in [4.69, 9.17) is 0 Å². The van der Waals surface area contributed by atoms with Crippen LogP contribution >= 0.6 is 11.3 Å². The van der Waals surface area contributed by atoms with Crippen LogP contribution in [0.25, 0.3) is 5.57 Å². The van der Waals surface area contributed by atoms with Gasteiger partial charge in [-0.3, -0.25) is 10.1 Å². The van der Waals surface area contributed by atoms with Crippen LogP contribution in [0.1, 0.15) is 44.1 Å². The standard InChI is InChI=1S/C19H20FN3O3S2/c20-16-11-22-19(27-16)23-18(24)15(9-12-3-1-2-4-12)13-5-8-17(21-10-13)28(25,26)14-6-7-14/h5,8-12,14H,1-4,6-7H2,(H,22,23,24). The van der Waals surface area contributed by atoms with Gasteiger partial charge in [0.1, 0.15) is 0 Å². The van der Waals surface area contributed by atoms with Crippen molar-refractivity contribution in [3.8, 4) is 0 Å². The van der Waals surface area contributed by atoms with Gasteiger partial charge < -0.3 is 0 Å². The molecule has 2 aromatic heterocycles. The average Bonchev–Trinajstić information content (AvgIpc) is 3.29. The molecule has 2 aliphatic rings. The van der Waals surface area contributed by atoms with Gasteiger partial charge in [0.2, 0.25) is 0 Å². The minimum absolute atomic E-state index is 0.0429. The van der Waals surface area contributed by atoms with E-state index in [0.29, 0.717) is 24.0 Å². The molecular formula is C19H20FN3O3S2. The summed E-state index contributed by atoms with van der Waals surface area (Å²) in [6.45, 7) is 0. The Bertz CT molecular complexity index is 1010. The Morgan fingerprint density at radius 2 is 1.89 bits per heavy atom. The summed E-state index contributed by atoms with van der Waals surface area (Å²) in [6, 6.07) is 3.08. The minimum atomic E-state index is -3.38. The molecule has 0 unspecified atom stereocenters. The smallest absolute Gasteiger partial charge is 0.257 e. The molecule has 0 bridgehead atoms. The van der Waals surface area contributed by atoms with Crippen molar-refractivity contribution in [3.05, 3.63) is 41.3 Å². The summed E-state index contributed by atoms with van der Waals surface area (Å²) >= 11 is 0.755. The lowest BCUT2D eigenvalue weighted by atomic mass is 9.99. The molecule has 2 saturated carbocycles. The zero-order chi connectivity index (χ0) is 19.7. The van der Waals surface area contributed by atoms with E-state index in [1.807, 2.05) is 6.08 Å². The van der Waals surface area contributed by atoms with E-state index in [1.165, 1.54) is 12.3 Å². The van der Waals surface area contributed by atoms with E-state index in [2.05, 4.69) is 15.3 Å². The molecule has 6 nitrogen and oxygen atoms in total. The number of nitrogens with one attached hydrogen (secondary N) is 1. The Labute approximate surface area is 166 Å². The fourth-order valence-corrected chi connectivity index (χ4v) is 5.49. The molecule has 148 valence electrons. The highest BCUT2D eigenvalue weighted by atomic mass is 32.2. The SMILES string of the molecule is O=C(Nc1ncc(F)s1)C(=CC1CCCC1)c1ccc(S(=O)(=O)C2CC2)nc1. The minimum Gasteiger partial charge on any atom is -0.298 e. The highest BCUT2D eigenvalue weighted by Crippen LogP contribution is 2.34. The average molecular weight is 422 g/mol. The summed E-state index contributed by atoms with van der Waals surface area (Å²) in [4.78, 5) is 20.8. The highest BCUT2D eigenvalue weighted by molar-refractivity contribution is 7.92.